The smallest absolute Gasteiger partial charge is 0.256 e. The maximum Gasteiger partial charge on any atom is 0.256 e. The predicted octanol–water partition coefficient (Wildman–Crippen LogP) is 2.68. The van der Waals surface area contributed by atoms with E-state index in [1.54, 1.807) is 12.1 Å². The second-order valence-corrected chi connectivity index (χ2v) is 8.85. The van der Waals surface area contributed by atoms with Crippen LogP contribution >= 0.6 is 0 Å². The van der Waals surface area contributed by atoms with Crippen molar-refractivity contribution >= 4 is 29.2 Å². The monoisotopic (exact) mass is 439 g/mol. The third-order valence-electron chi connectivity index (χ3n) is 6.10. The SMILES string of the molecule is Cc1[nH]c(C=C2C(=O)Nc3ccc(F)cc32)c(C)c1C(=O)NCCN1CC(C)NC(C)C1. The molecule has 4 rings (SSSR count). The van der Waals surface area contributed by atoms with Gasteiger partial charge in [-0.25, -0.2) is 4.39 Å². The van der Waals surface area contributed by atoms with E-state index in [1.807, 2.05) is 13.8 Å². The summed E-state index contributed by atoms with van der Waals surface area (Å²) >= 11 is 0. The number of amides is 2. The molecule has 1 fully saturated rings. The van der Waals surface area contributed by atoms with Crippen LogP contribution in [-0.4, -0.2) is 60.0 Å². The molecule has 0 bridgehead atoms. The molecule has 1 aromatic heterocycles. The van der Waals surface area contributed by atoms with Crippen molar-refractivity contribution in [3.05, 3.63) is 52.1 Å². The average molecular weight is 440 g/mol. The van der Waals surface area contributed by atoms with Gasteiger partial charge in [0, 0.05) is 60.9 Å². The molecule has 8 heteroatoms. The largest absolute Gasteiger partial charge is 0.358 e. The molecule has 0 aliphatic carbocycles. The second-order valence-electron chi connectivity index (χ2n) is 8.85. The molecule has 2 amide bonds. The summed E-state index contributed by atoms with van der Waals surface area (Å²) in [6.07, 6.45) is 1.68. The minimum absolute atomic E-state index is 0.139. The molecule has 32 heavy (non-hydrogen) atoms. The number of hydrogen-bond acceptors (Lipinski definition) is 4. The van der Waals surface area contributed by atoms with Crippen LogP contribution in [0.1, 0.15) is 46.7 Å². The van der Waals surface area contributed by atoms with E-state index < -0.39 is 5.82 Å². The van der Waals surface area contributed by atoms with Gasteiger partial charge in [0.2, 0.25) is 0 Å². The minimum atomic E-state index is -0.404. The number of nitrogens with zero attached hydrogens (tertiary/aromatic N) is 1. The van der Waals surface area contributed by atoms with Crippen LogP contribution < -0.4 is 16.0 Å². The number of anilines is 1. The van der Waals surface area contributed by atoms with Crippen LogP contribution in [-0.2, 0) is 4.79 Å². The summed E-state index contributed by atoms with van der Waals surface area (Å²) in [5.41, 5.74) is 4.21. The molecular formula is C24H30FN5O2. The Morgan fingerprint density at radius 2 is 1.97 bits per heavy atom. The molecular weight excluding hydrogens is 409 g/mol. The topological polar surface area (TPSA) is 89.3 Å². The van der Waals surface area contributed by atoms with Gasteiger partial charge in [0.05, 0.1) is 11.1 Å². The number of benzene rings is 1. The van der Waals surface area contributed by atoms with Gasteiger partial charge in [0.25, 0.3) is 11.8 Å². The van der Waals surface area contributed by atoms with Crippen LogP contribution in [0.2, 0.25) is 0 Å². The van der Waals surface area contributed by atoms with E-state index in [2.05, 4.69) is 39.7 Å². The van der Waals surface area contributed by atoms with Gasteiger partial charge in [0.1, 0.15) is 5.82 Å². The molecule has 2 unspecified atom stereocenters. The van der Waals surface area contributed by atoms with E-state index in [0.717, 1.165) is 30.9 Å². The van der Waals surface area contributed by atoms with E-state index in [-0.39, 0.29) is 11.8 Å². The summed E-state index contributed by atoms with van der Waals surface area (Å²) in [7, 11) is 0. The van der Waals surface area contributed by atoms with Crippen LogP contribution in [0.25, 0.3) is 11.6 Å². The normalized spacial score (nSPS) is 22.2. The van der Waals surface area contributed by atoms with Gasteiger partial charge in [0.15, 0.2) is 0 Å². The Labute approximate surface area is 187 Å². The zero-order chi connectivity index (χ0) is 23.0. The fourth-order valence-electron chi connectivity index (χ4n) is 4.75. The summed E-state index contributed by atoms with van der Waals surface area (Å²) in [5.74, 6) is -0.832. The number of piperazine rings is 1. The Morgan fingerprint density at radius 3 is 2.69 bits per heavy atom. The first kappa shape index (κ1) is 22.2. The highest BCUT2D eigenvalue weighted by atomic mass is 19.1. The maximum absolute atomic E-state index is 13.7. The molecule has 3 heterocycles. The summed E-state index contributed by atoms with van der Waals surface area (Å²) in [4.78, 5) is 30.9. The molecule has 2 aromatic rings. The number of aromatic nitrogens is 1. The first-order valence-electron chi connectivity index (χ1n) is 11.0. The number of carbonyl (C=O) groups is 2. The number of aryl methyl sites for hydroxylation is 1. The Kier molecular flexibility index (Phi) is 6.17. The van der Waals surface area contributed by atoms with Crippen LogP contribution in [0.5, 0.6) is 0 Å². The minimum Gasteiger partial charge on any atom is -0.358 e. The molecule has 170 valence electrons. The van der Waals surface area contributed by atoms with Crippen molar-refractivity contribution in [3.8, 4) is 0 Å². The number of carbonyl (C=O) groups excluding carboxylic acids is 2. The number of H-pyrrole nitrogens is 1. The van der Waals surface area contributed by atoms with Crippen LogP contribution in [0.4, 0.5) is 10.1 Å². The first-order chi connectivity index (χ1) is 15.2. The van der Waals surface area contributed by atoms with Gasteiger partial charge in [-0.3, -0.25) is 14.5 Å². The predicted molar refractivity (Wildman–Crippen MR) is 124 cm³/mol. The zero-order valence-corrected chi connectivity index (χ0v) is 18.9. The van der Waals surface area contributed by atoms with E-state index in [4.69, 9.17) is 0 Å². The first-order valence-corrected chi connectivity index (χ1v) is 11.0. The van der Waals surface area contributed by atoms with E-state index >= 15 is 0 Å². The molecule has 4 N–H and O–H groups in total. The number of fused-ring (bicyclic) bond motifs is 1. The van der Waals surface area contributed by atoms with Crippen molar-refractivity contribution < 1.29 is 14.0 Å². The Morgan fingerprint density at radius 1 is 1.25 bits per heavy atom. The maximum atomic E-state index is 13.7. The summed E-state index contributed by atoms with van der Waals surface area (Å²) in [6, 6.07) is 5.08. The van der Waals surface area contributed by atoms with Crippen molar-refractivity contribution in [3.63, 3.8) is 0 Å². The zero-order valence-electron chi connectivity index (χ0n) is 18.9. The van der Waals surface area contributed by atoms with Crippen molar-refractivity contribution in [2.45, 2.75) is 39.8 Å². The molecule has 0 saturated carbocycles. The molecule has 0 radical (unpaired) electrons. The van der Waals surface area contributed by atoms with Gasteiger partial charge in [-0.2, -0.15) is 0 Å². The fraction of sp³-hybridized carbons (Fsp3) is 0.417. The van der Waals surface area contributed by atoms with Gasteiger partial charge in [-0.15, -0.1) is 0 Å². The van der Waals surface area contributed by atoms with E-state index in [0.29, 0.717) is 46.7 Å². The lowest BCUT2D eigenvalue weighted by molar-refractivity contribution is -0.110. The molecule has 1 aromatic carbocycles. The lowest BCUT2D eigenvalue weighted by atomic mass is 10.0. The summed E-state index contributed by atoms with van der Waals surface area (Å²) in [6.45, 7) is 11.3. The number of hydrogen-bond donors (Lipinski definition) is 4. The quantitative estimate of drug-likeness (QED) is 0.540. The number of nitrogens with one attached hydrogen (secondary N) is 4. The average Bonchev–Trinajstić information content (AvgIpc) is 3.16. The fourth-order valence-corrected chi connectivity index (χ4v) is 4.75. The molecule has 2 atom stereocenters. The van der Waals surface area contributed by atoms with Crippen molar-refractivity contribution in [2.24, 2.45) is 0 Å². The van der Waals surface area contributed by atoms with Gasteiger partial charge < -0.3 is 20.9 Å². The summed E-state index contributed by atoms with van der Waals surface area (Å²) in [5, 5.41) is 9.28. The molecule has 7 nitrogen and oxygen atoms in total. The van der Waals surface area contributed by atoms with E-state index in [9.17, 15) is 14.0 Å². The summed E-state index contributed by atoms with van der Waals surface area (Å²) < 4.78 is 13.7. The van der Waals surface area contributed by atoms with E-state index in [1.165, 1.54) is 12.1 Å². The lowest BCUT2D eigenvalue weighted by Crippen LogP contribution is -2.55. The molecule has 2 aliphatic heterocycles. The standard InChI is InChI=1S/C24H30FN5O2/c1-13-11-30(12-14(2)27-13)8-7-26-24(32)22-15(3)21(28-16(22)4)10-19-18-9-17(25)5-6-20(18)29-23(19)31/h5-6,9-10,13-14,27-28H,7-8,11-12H2,1-4H3,(H,26,32)(H,29,31). The third kappa shape index (κ3) is 4.47. The molecule has 0 spiro atoms. The molecule has 2 aliphatic rings. The Balaban J connectivity index is 1.48. The third-order valence-corrected chi connectivity index (χ3v) is 6.10. The van der Waals surface area contributed by atoms with Crippen molar-refractivity contribution in [1.29, 1.82) is 0 Å². The van der Waals surface area contributed by atoms with Gasteiger partial charge in [-0.05, 0) is 57.5 Å². The second kappa shape index (κ2) is 8.88. The highest BCUT2D eigenvalue weighted by molar-refractivity contribution is 6.34. The van der Waals surface area contributed by atoms with Crippen molar-refractivity contribution in [1.82, 2.24) is 20.5 Å². The highest BCUT2D eigenvalue weighted by Gasteiger charge is 2.26. The van der Waals surface area contributed by atoms with Crippen LogP contribution in [0.3, 0.4) is 0 Å². The lowest BCUT2D eigenvalue weighted by Gasteiger charge is -2.36. The molecule has 1 saturated heterocycles. The van der Waals surface area contributed by atoms with Crippen LogP contribution in [0, 0.1) is 19.7 Å². The van der Waals surface area contributed by atoms with Gasteiger partial charge >= 0.3 is 0 Å². The highest BCUT2D eigenvalue weighted by Crippen LogP contribution is 2.34. The Bertz CT molecular complexity index is 1080. The number of rotatable bonds is 5. The van der Waals surface area contributed by atoms with Crippen LogP contribution in [0.15, 0.2) is 18.2 Å². The van der Waals surface area contributed by atoms with Crippen molar-refractivity contribution in [2.75, 3.05) is 31.5 Å². The number of aromatic amines is 1. The number of halogens is 1. The van der Waals surface area contributed by atoms with Gasteiger partial charge in [-0.1, -0.05) is 0 Å². The Hall–Kier alpha value is -2.97.